The van der Waals surface area contributed by atoms with Crippen LogP contribution in [0.2, 0.25) is 0 Å². The Kier molecular flexibility index (Phi) is 9.03. The largest absolute Gasteiger partial charge is 0.444 e. The molecule has 0 unspecified atom stereocenters. The fourth-order valence-corrected chi connectivity index (χ4v) is 6.82. The molecule has 5 rings (SSSR count). The van der Waals surface area contributed by atoms with E-state index in [1.165, 1.54) is 28.6 Å². The molecule has 0 bridgehead atoms. The van der Waals surface area contributed by atoms with Crippen LogP contribution >= 0.6 is 0 Å². The predicted molar refractivity (Wildman–Crippen MR) is 169 cm³/mol. The van der Waals surface area contributed by atoms with Crippen LogP contribution in [0.4, 0.5) is 23.7 Å². The van der Waals surface area contributed by atoms with Crippen molar-refractivity contribution in [2.45, 2.75) is 70.3 Å². The molecule has 48 heavy (non-hydrogen) atoms. The fraction of sp³-hybridized carbons (Fsp3) is 0.406. The van der Waals surface area contributed by atoms with Gasteiger partial charge in [0.05, 0.1) is 17.7 Å². The zero-order valence-electron chi connectivity index (χ0n) is 26.6. The summed E-state index contributed by atoms with van der Waals surface area (Å²) in [4.78, 5) is 56.1. The molecule has 3 aliphatic heterocycles. The Hall–Kier alpha value is -4.57. The molecular weight excluding hydrogens is 655 g/mol. The summed E-state index contributed by atoms with van der Waals surface area (Å²) in [6.45, 7) is 6.59. The summed E-state index contributed by atoms with van der Waals surface area (Å²) in [5, 5.41) is 6.00. The molecule has 2 N–H and O–H groups in total. The number of alkyl carbamates (subject to hydrolysis) is 1. The van der Waals surface area contributed by atoms with Crippen LogP contribution in [0.15, 0.2) is 52.9 Å². The number of rotatable bonds is 6. The van der Waals surface area contributed by atoms with Crippen LogP contribution in [0.25, 0.3) is 6.08 Å². The van der Waals surface area contributed by atoms with E-state index in [-0.39, 0.29) is 49.4 Å². The molecule has 1 atom stereocenters. The molecule has 1 spiro atoms. The van der Waals surface area contributed by atoms with Crippen molar-refractivity contribution in [1.29, 1.82) is 0 Å². The number of halogens is 3. The highest BCUT2D eigenvalue weighted by molar-refractivity contribution is 7.92. The number of carbonyl (C=O) groups excluding carboxylic acids is 4. The lowest BCUT2D eigenvalue weighted by Gasteiger charge is -2.34. The molecule has 2 aromatic carbocycles. The Bertz CT molecular complexity index is 1840. The first-order valence-electron chi connectivity index (χ1n) is 15.0. The van der Waals surface area contributed by atoms with E-state index >= 15 is 0 Å². The lowest BCUT2D eigenvalue weighted by Crippen LogP contribution is -2.50. The minimum absolute atomic E-state index is 0.00776. The van der Waals surface area contributed by atoms with E-state index < -0.39 is 62.8 Å². The summed E-state index contributed by atoms with van der Waals surface area (Å²) >= 11 is 0. The molecule has 4 amide bonds. The van der Waals surface area contributed by atoms with Gasteiger partial charge in [-0.1, -0.05) is 18.2 Å². The first kappa shape index (κ1) is 34.8. The van der Waals surface area contributed by atoms with Crippen LogP contribution < -0.4 is 15.5 Å². The topological polar surface area (TPSA) is 155 Å². The average molecular weight is 690 g/mol. The van der Waals surface area contributed by atoms with Gasteiger partial charge in [-0.25, -0.2) is 18.1 Å². The van der Waals surface area contributed by atoms with Crippen molar-refractivity contribution in [2.24, 2.45) is 4.99 Å². The third-order valence-electron chi connectivity index (χ3n) is 8.12. The van der Waals surface area contributed by atoms with E-state index in [1.807, 2.05) is 0 Å². The third kappa shape index (κ3) is 7.28. The molecule has 0 aromatic heterocycles. The number of ether oxygens (including phenoxy) is 1. The van der Waals surface area contributed by atoms with Crippen LogP contribution in [-0.4, -0.2) is 72.6 Å². The molecule has 3 heterocycles. The first-order chi connectivity index (χ1) is 22.3. The number of aliphatic imine (C=N–C) groups is 1. The molecule has 2 aromatic rings. The van der Waals surface area contributed by atoms with Crippen molar-refractivity contribution in [1.82, 2.24) is 14.9 Å². The summed E-state index contributed by atoms with van der Waals surface area (Å²) in [7, 11) is -3.95. The van der Waals surface area contributed by atoms with Gasteiger partial charge in [0.2, 0.25) is 15.9 Å². The number of carbonyl (C=O) groups is 4. The van der Waals surface area contributed by atoms with Crippen molar-refractivity contribution in [3.63, 3.8) is 0 Å². The number of amides is 4. The summed E-state index contributed by atoms with van der Waals surface area (Å²) in [5.74, 6) is -1.63. The summed E-state index contributed by atoms with van der Waals surface area (Å²) in [6, 6.07) is 7.98. The maximum atomic E-state index is 13.2. The number of imide groups is 1. The smallest absolute Gasteiger partial charge is 0.416 e. The number of hydrogen-bond donors (Lipinski definition) is 2. The van der Waals surface area contributed by atoms with Crippen molar-refractivity contribution in [2.75, 3.05) is 18.0 Å². The minimum atomic E-state index is -4.57. The van der Waals surface area contributed by atoms with E-state index in [0.717, 1.165) is 22.4 Å². The SMILES string of the molecule is Cc1cc(N2C(=O)C[C@H](NC(=O)OC(C)(C)C)C2=O)ccc1C=CS(=O)(=O)N1CCC2(CC1)N=C(c1cccc(C(F)(F)F)c1)NC2=O. The highest BCUT2D eigenvalue weighted by Crippen LogP contribution is 2.34. The highest BCUT2D eigenvalue weighted by Gasteiger charge is 2.47. The van der Waals surface area contributed by atoms with Crippen LogP contribution in [0.1, 0.15) is 62.3 Å². The van der Waals surface area contributed by atoms with E-state index in [1.54, 1.807) is 39.8 Å². The Morgan fingerprint density at radius 3 is 2.40 bits per heavy atom. The minimum Gasteiger partial charge on any atom is -0.444 e. The van der Waals surface area contributed by atoms with Crippen molar-refractivity contribution < 1.29 is 45.5 Å². The van der Waals surface area contributed by atoms with Gasteiger partial charge in [-0.05, 0) is 82.0 Å². The Labute approximate surface area is 275 Å². The van der Waals surface area contributed by atoms with Crippen molar-refractivity contribution in [3.05, 3.63) is 70.1 Å². The lowest BCUT2D eigenvalue weighted by molar-refractivity contribution is -0.137. The number of benzene rings is 2. The second-order valence-corrected chi connectivity index (χ2v) is 14.6. The maximum absolute atomic E-state index is 13.2. The molecule has 2 saturated heterocycles. The van der Waals surface area contributed by atoms with Crippen molar-refractivity contribution in [3.8, 4) is 0 Å². The van der Waals surface area contributed by atoms with E-state index in [4.69, 9.17) is 4.74 Å². The van der Waals surface area contributed by atoms with Crippen molar-refractivity contribution >= 4 is 51.4 Å². The number of alkyl halides is 3. The van der Waals surface area contributed by atoms with Crippen LogP contribution in [0, 0.1) is 6.92 Å². The predicted octanol–water partition coefficient (Wildman–Crippen LogP) is 3.88. The maximum Gasteiger partial charge on any atom is 0.416 e. The summed E-state index contributed by atoms with van der Waals surface area (Å²) < 4.78 is 72.3. The monoisotopic (exact) mass is 689 g/mol. The number of hydrogen-bond acceptors (Lipinski definition) is 8. The number of nitrogens with zero attached hydrogens (tertiary/aromatic N) is 3. The standard InChI is InChI=1S/C32H34F3N5O7S/c1-19-16-23(40-25(41)18-24(27(40)42)36-29(44)47-30(2,3)4)9-8-20(19)10-15-48(45,46)39-13-11-31(12-14-39)28(43)37-26(38-31)21-6-5-7-22(17-21)32(33,34)35/h5-10,15-17,24H,11-14,18H2,1-4H3,(H,36,44)(H,37,38,43)/t24-/m0/s1. The average Bonchev–Trinajstić information content (AvgIpc) is 3.45. The number of sulfonamides is 1. The normalized spacial score (nSPS) is 20.4. The van der Waals surface area contributed by atoms with Gasteiger partial charge in [0.15, 0.2) is 0 Å². The van der Waals surface area contributed by atoms with Crippen LogP contribution in [0.5, 0.6) is 0 Å². The zero-order chi connectivity index (χ0) is 35.2. The number of piperidine rings is 1. The number of amidine groups is 1. The van der Waals surface area contributed by atoms with E-state index in [9.17, 15) is 40.8 Å². The Morgan fingerprint density at radius 1 is 1.08 bits per heavy atom. The molecular formula is C32H34F3N5O7S. The van der Waals surface area contributed by atoms with Gasteiger partial charge >= 0.3 is 12.3 Å². The van der Waals surface area contributed by atoms with E-state index in [0.29, 0.717) is 11.1 Å². The van der Waals surface area contributed by atoms with Gasteiger partial charge in [-0.15, -0.1) is 0 Å². The third-order valence-corrected chi connectivity index (χ3v) is 9.69. The van der Waals surface area contributed by atoms with Gasteiger partial charge in [-0.3, -0.25) is 19.4 Å². The fourth-order valence-electron chi connectivity index (χ4n) is 5.64. The van der Waals surface area contributed by atoms with E-state index in [2.05, 4.69) is 15.6 Å². The molecule has 0 radical (unpaired) electrons. The Balaban J connectivity index is 1.23. The Morgan fingerprint density at radius 2 is 1.77 bits per heavy atom. The molecule has 0 saturated carbocycles. The molecule has 16 heteroatoms. The molecule has 12 nitrogen and oxygen atoms in total. The zero-order valence-corrected chi connectivity index (χ0v) is 27.4. The molecule has 2 fully saturated rings. The van der Waals surface area contributed by atoms with Gasteiger partial charge in [0.25, 0.3) is 11.8 Å². The summed E-state index contributed by atoms with van der Waals surface area (Å²) in [6.07, 6.45) is -4.19. The summed E-state index contributed by atoms with van der Waals surface area (Å²) in [5.41, 5.74) is -1.53. The second kappa shape index (κ2) is 12.5. The van der Waals surface area contributed by atoms with Gasteiger partial charge < -0.3 is 15.4 Å². The molecule has 0 aliphatic carbocycles. The van der Waals surface area contributed by atoms with Crippen LogP contribution in [0.3, 0.4) is 0 Å². The number of aryl methyl sites for hydroxylation is 1. The first-order valence-corrected chi connectivity index (χ1v) is 16.5. The van der Waals surface area contributed by atoms with Gasteiger partial charge in [-0.2, -0.15) is 17.5 Å². The van der Waals surface area contributed by atoms with Gasteiger partial charge in [0, 0.05) is 24.1 Å². The molecule has 3 aliphatic rings. The highest BCUT2D eigenvalue weighted by atomic mass is 32.2. The van der Waals surface area contributed by atoms with Crippen LogP contribution in [-0.2, 0) is 35.3 Å². The molecule has 256 valence electrons. The quantitative estimate of drug-likeness (QED) is 0.437. The number of nitrogens with one attached hydrogen (secondary N) is 2. The lowest BCUT2D eigenvalue weighted by atomic mass is 9.89. The number of anilines is 1. The second-order valence-electron chi connectivity index (χ2n) is 12.8. The van der Waals surface area contributed by atoms with Gasteiger partial charge in [0.1, 0.15) is 23.0 Å².